The summed E-state index contributed by atoms with van der Waals surface area (Å²) >= 11 is 1.24. The molecule has 1 aliphatic rings. The van der Waals surface area contributed by atoms with E-state index in [9.17, 15) is 17.6 Å². The summed E-state index contributed by atoms with van der Waals surface area (Å²) in [6, 6.07) is 10.4. The molecule has 0 bridgehead atoms. The van der Waals surface area contributed by atoms with Gasteiger partial charge in [0.05, 0.1) is 15.1 Å². The number of aryl methyl sites for hydroxylation is 1. The minimum absolute atomic E-state index is 0.0681. The van der Waals surface area contributed by atoms with Crippen LogP contribution < -0.4 is 4.80 Å². The van der Waals surface area contributed by atoms with Gasteiger partial charge in [-0.1, -0.05) is 11.3 Å². The van der Waals surface area contributed by atoms with Crippen molar-refractivity contribution >= 4 is 37.5 Å². The quantitative estimate of drug-likeness (QED) is 0.619. The average molecular weight is 434 g/mol. The molecule has 9 heteroatoms. The predicted octanol–water partition coefficient (Wildman–Crippen LogP) is 3.39. The van der Waals surface area contributed by atoms with Gasteiger partial charge in [-0.05, 0) is 62.2 Å². The Morgan fingerprint density at radius 3 is 2.55 bits per heavy atom. The molecule has 152 valence electrons. The second-order valence-corrected chi connectivity index (χ2v) is 9.94. The van der Waals surface area contributed by atoms with Gasteiger partial charge >= 0.3 is 0 Å². The summed E-state index contributed by atoms with van der Waals surface area (Å²) < 4.78 is 42.6. The molecule has 2 aromatic carbocycles. The number of fused-ring (bicyclic) bond motifs is 1. The van der Waals surface area contributed by atoms with Crippen molar-refractivity contribution in [1.82, 2.24) is 8.87 Å². The average Bonchev–Trinajstić information content (AvgIpc) is 3.49. The summed E-state index contributed by atoms with van der Waals surface area (Å²) in [5.74, 6) is -0.813. The maximum absolute atomic E-state index is 13.5. The van der Waals surface area contributed by atoms with Gasteiger partial charge in [-0.25, -0.2) is 12.8 Å². The summed E-state index contributed by atoms with van der Waals surface area (Å²) in [7, 11) is -1.98. The summed E-state index contributed by atoms with van der Waals surface area (Å²) in [6.45, 7) is 2.51. The van der Waals surface area contributed by atoms with Crippen LogP contribution in [0.3, 0.4) is 0 Å². The first-order chi connectivity index (χ1) is 13.8. The summed E-state index contributed by atoms with van der Waals surface area (Å²) in [5, 5.41) is 0. The van der Waals surface area contributed by atoms with Gasteiger partial charge in [0.25, 0.3) is 5.91 Å². The van der Waals surface area contributed by atoms with Crippen molar-refractivity contribution in [2.75, 3.05) is 7.05 Å². The van der Waals surface area contributed by atoms with Crippen LogP contribution >= 0.6 is 11.3 Å². The Morgan fingerprint density at radius 1 is 1.24 bits per heavy atom. The Hall–Kier alpha value is -2.36. The van der Waals surface area contributed by atoms with E-state index in [0.29, 0.717) is 21.6 Å². The normalized spacial score (nSPS) is 15.4. The fourth-order valence-electron chi connectivity index (χ4n) is 3.16. The molecule has 0 atom stereocenters. The molecule has 1 amide bonds. The van der Waals surface area contributed by atoms with Crippen LogP contribution in [0.4, 0.5) is 4.39 Å². The van der Waals surface area contributed by atoms with Gasteiger partial charge < -0.3 is 4.57 Å². The van der Waals surface area contributed by atoms with Gasteiger partial charge in [0.2, 0.25) is 10.0 Å². The SMILES string of the molecule is CCn1c(=NC(=O)c2ccc(S(=O)(=O)N(C)C3CC3)cc2)sc2cc(F)ccc21. The van der Waals surface area contributed by atoms with Crippen molar-refractivity contribution < 1.29 is 17.6 Å². The third kappa shape index (κ3) is 3.77. The van der Waals surface area contributed by atoms with Crippen LogP contribution in [0.25, 0.3) is 10.2 Å². The topological polar surface area (TPSA) is 71.7 Å². The second kappa shape index (κ2) is 7.47. The predicted molar refractivity (Wildman–Crippen MR) is 110 cm³/mol. The Labute approximate surface area is 172 Å². The van der Waals surface area contributed by atoms with E-state index < -0.39 is 15.9 Å². The number of amides is 1. The molecule has 0 saturated heterocycles. The maximum Gasteiger partial charge on any atom is 0.279 e. The Morgan fingerprint density at radius 2 is 1.93 bits per heavy atom. The van der Waals surface area contributed by atoms with Gasteiger partial charge in [-0.3, -0.25) is 4.79 Å². The number of benzene rings is 2. The molecule has 0 radical (unpaired) electrons. The van der Waals surface area contributed by atoms with E-state index in [1.54, 1.807) is 13.1 Å². The minimum Gasteiger partial charge on any atom is -0.317 e. The molecule has 1 fully saturated rings. The number of rotatable bonds is 5. The lowest BCUT2D eigenvalue weighted by atomic mass is 10.2. The molecule has 1 aromatic heterocycles. The Bertz CT molecular complexity index is 1260. The van der Waals surface area contributed by atoms with Crippen LogP contribution in [0.1, 0.15) is 30.1 Å². The number of hydrogen-bond acceptors (Lipinski definition) is 4. The van der Waals surface area contributed by atoms with Crippen molar-refractivity contribution in [1.29, 1.82) is 0 Å². The van der Waals surface area contributed by atoms with E-state index in [0.717, 1.165) is 18.4 Å². The summed E-state index contributed by atoms with van der Waals surface area (Å²) in [6.07, 6.45) is 1.75. The van der Waals surface area contributed by atoms with E-state index in [1.807, 2.05) is 11.5 Å². The molecule has 0 unspecified atom stereocenters. The fraction of sp³-hybridized carbons (Fsp3) is 0.300. The van der Waals surface area contributed by atoms with Crippen LogP contribution in [0, 0.1) is 5.82 Å². The lowest BCUT2D eigenvalue weighted by Crippen LogP contribution is -2.28. The minimum atomic E-state index is -3.56. The molecule has 0 spiro atoms. The summed E-state index contributed by atoms with van der Waals surface area (Å²) in [4.78, 5) is 17.5. The van der Waals surface area contributed by atoms with E-state index in [2.05, 4.69) is 4.99 Å². The van der Waals surface area contributed by atoms with Crippen molar-refractivity contribution in [3.8, 4) is 0 Å². The highest BCUT2D eigenvalue weighted by atomic mass is 32.2. The number of thiazole rings is 1. The van der Waals surface area contributed by atoms with Crippen molar-refractivity contribution in [2.45, 2.75) is 37.2 Å². The van der Waals surface area contributed by atoms with Crippen molar-refractivity contribution in [3.05, 3.63) is 58.6 Å². The van der Waals surface area contributed by atoms with Crippen LogP contribution in [-0.2, 0) is 16.6 Å². The number of carbonyl (C=O) groups is 1. The van der Waals surface area contributed by atoms with Crippen LogP contribution in [0.15, 0.2) is 52.4 Å². The van der Waals surface area contributed by atoms with E-state index in [-0.39, 0.29) is 16.8 Å². The van der Waals surface area contributed by atoms with Crippen LogP contribution in [-0.4, -0.2) is 36.3 Å². The Kier molecular flexibility index (Phi) is 5.14. The molecule has 0 N–H and O–H groups in total. The van der Waals surface area contributed by atoms with Crippen LogP contribution in [0.5, 0.6) is 0 Å². The maximum atomic E-state index is 13.5. The van der Waals surface area contributed by atoms with Crippen molar-refractivity contribution in [2.24, 2.45) is 4.99 Å². The molecule has 1 aliphatic carbocycles. The first kappa shape index (κ1) is 19.9. The highest BCUT2D eigenvalue weighted by Crippen LogP contribution is 2.30. The molecule has 29 heavy (non-hydrogen) atoms. The standard InChI is InChI=1S/C20H20FN3O3S2/c1-3-24-17-11-6-14(21)12-18(17)28-20(24)22-19(25)13-4-9-16(10-5-13)29(26,27)23(2)15-7-8-15/h4-6,9-12,15H,3,7-8H2,1-2H3. The van der Waals surface area contributed by atoms with E-state index >= 15 is 0 Å². The van der Waals surface area contributed by atoms with Crippen molar-refractivity contribution in [3.63, 3.8) is 0 Å². The zero-order valence-electron chi connectivity index (χ0n) is 16.0. The molecule has 4 rings (SSSR count). The molecular formula is C20H20FN3O3S2. The highest BCUT2D eigenvalue weighted by molar-refractivity contribution is 7.89. The monoisotopic (exact) mass is 433 g/mol. The molecule has 3 aromatic rings. The third-order valence-corrected chi connectivity index (χ3v) is 7.96. The third-order valence-electron chi connectivity index (χ3n) is 5.00. The molecule has 1 heterocycles. The number of halogens is 1. The van der Waals surface area contributed by atoms with Gasteiger partial charge in [0.1, 0.15) is 5.82 Å². The Balaban J connectivity index is 1.66. The highest BCUT2D eigenvalue weighted by Gasteiger charge is 2.35. The molecule has 6 nitrogen and oxygen atoms in total. The van der Waals surface area contributed by atoms with E-state index in [4.69, 9.17) is 0 Å². The fourth-order valence-corrected chi connectivity index (χ4v) is 5.69. The number of aromatic nitrogens is 1. The number of carbonyl (C=O) groups excluding carboxylic acids is 1. The number of hydrogen-bond donors (Lipinski definition) is 0. The zero-order chi connectivity index (χ0) is 20.8. The van der Waals surface area contributed by atoms with Gasteiger partial charge in [-0.15, -0.1) is 0 Å². The van der Waals surface area contributed by atoms with E-state index in [1.165, 1.54) is 52.0 Å². The lowest BCUT2D eigenvalue weighted by Gasteiger charge is -2.16. The van der Waals surface area contributed by atoms with Crippen LogP contribution in [0.2, 0.25) is 0 Å². The molecule has 0 aliphatic heterocycles. The first-order valence-corrected chi connectivity index (χ1v) is 11.5. The molecular weight excluding hydrogens is 413 g/mol. The summed E-state index contributed by atoms with van der Waals surface area (Å²) in [5.41, 5.74) is 1.11. The number of nitrogens with zero attached hydrogens (tertiary/aromatic N) is 3. The lowest BCUT2D eigenvalue weighted by molar-refractivity contribution is 0.0997. The number of sulfonamides is 1. The molecule has 1 saturated carbocycles. The largest absolute Gasteiger partial charge is 0.317 e. The van der Waals surface area contributed by atoms with Gasteiger partial charge in [0, 0.05) is 25.2 Å². The zero-order valence-corrected chi connectivity index (χ0v) is 17.6. The van der Waals surface area contributed by atoms with Gasteiger partial charge in [-0.2, -0.15) is 9.30 Å². The second-order valence-electron chi connectivity index (χ2n) is 6.93. The first-order valence-electron chi connectivity index (χ1n) is 9.27. The van der Waals surface area contributed by atoms with Gasteiger partial charge in [0.15, 0.2) is 4.80 Å². The smallest absolute Gasteiger partial charge is 0.279 e.